The number of pyridine rings is 1. The molecular weight excluding hydrogens is 312 g/mol. The number of hydrogen-bond donors (Lipinski definition) is 1. The first-order valence-electron chi connectivity index (χ1n) is 6.50. The molecule has 1 heterocycles. The van der Waals surface area contributed by atoms with E-state index in [-0.39, 0.29) is 6.04 Å². The molecule has 3 heteroatoms. The summed E-state index contributed by atoms with van der Waals surface area (Å²) in [6.07, 6.45) is 3.65. The van der Waals surface area contributed by atoms with Gasteiger partial charge >= 0.3 is 0 Å². The van der Waals surface area contributed by atoms with Crippen molar-refractivity contribution >= 4 is 26.7 Å². The molecular formula is C17H15BrN2. The van der Waals surface area contributed by atoms with Gasteiger partial charge in [-0.25, -0.2) is 0 Å². The van der Waals surface area contributed by atoms with Crippen LogP contribution in [0.2, 0.25) is 0 Å². The van der Waals surface area contributed by atoms with E-state index in [9.17, 15) is 0 Å². The summed E-state index contributed by atoms with van der Waals surface area (Å²) in [7, 11) is 0. The SMILES string of the molecule is Cc1ccncc1C(N)c1ccc2cc(Br)ccc2c1. The maximum atomic E-state index is 6.39. The zero-order valence-electron chi connectivity index (χ0n) is 11.2. The molecule has 2 aromatic carbocycles. The number of nitrogens with two attached hydrogens (primary N) is 1. The highest BCUT2D eigenvalue weighted by Gasteiger charge is 2.12. The van der Waals surface area contributed by atoms with Crippen LogP contribution in [-0.4, -0.2) is 4.98 Å². The Balaban J connectivity index is 2.06. The second kappa shape index (κ2) is 5.35. The van der Waals surface area contributed by atoms with Crippen molar-refractivity contribution in [3.8, 4) is 0 Å². The van der Waals surface area contributed by atoms with Crippen molar-refractivity contribution in [1.82, 2.24) is 4.98 Å². The summed E-state index contributed by atoms with van der Waals surface area (Å²) >= 11 is 3.49. The molecule has 0 aliphatic heterocycles. The fourth-order valence-corrected chi connectivity index (χ4v) is 2.79. The van der Waals surface area contributed by atoms with Gasteiger partial charge in [0, 0.05) is 16.9 Å². The molecule has 0 bridgehead atoms. The molecule has 20 heavy (non-hydrogen) atoms. The zero-order chi connectivity index (χ0) is 14.1. The molecule has 0 radical (unpaired) electrons. The maximum absolute atomic E-state index is 6.39. The molecule has 100 valence electrons. The smallest absolute Gasteiger partial charge is 0.0569 e. The highest BCUT2D eigenvalue weighted by Crippen LogP contribution is 2.26. The van der Waals surface area contributed by atoms with E-state index in [0.717, 1.165) is 15.6 Å². The molecule has 0 fully saturated rings. The molecule has 1 unspecified atom stereocenters. The van der Waals surface area contributed by atoms with E-state index >= 15 is 0 Å². The first-order valence-corrected chi connectivity index (χ1v) is 7.30. The van der Waals surface area contributed by atoms with Gasteiger partial charge in [-0.1, -0.05) is 34.1 Å². The molecule has 0 saturated heterocycles. The quantitative estimate of drug-likeness (QED) is 0.760. The lowest BCUT2D eigenvalue weighted by molar-refractivity contribution is 0.854. The van der Waals surface area contributed by atoms with Crippen LogP contribution in [0, 0.1) is 6.92 Å². The number of nitrogens with zero attached hydrogens (tertiary/aromatic N) is 1. The molecule has 0 aliphatic carbocycles. The van der Waals surface area contributed by atoms with Crippen LogP contribution in [0.5, 0.6) is 0 Å². The van der Waals surface area contributed by atoms with Crippen LogP contribution in [0.4, 0.5) is 0 Å². The Morgan fingerprint density at radius 2 is 1.80 bits per heavy atom. The first-order chi connectivity index (χ1) is 9.65. The number of aryl methyl sites for hydroxylation is 1. The molecule has 0 amide bonds. The van der Waals surface area contributed by atoms with Gasteiger partial charge in [0.05, 0.1) is 6.04 Å². The topological polar surface area (TPSA) is 38.9 Å². The van der Waals surface area contributed by atoms with Crippen LogP contribution >= 0.6 is 15.9 Å². The van der Waals surface area contributed by atoms with Crippen LogP contribution < -0.4 is 5.73 Å². The number of benzene rings is 2. The number of aromatic nitrogens is 1. The van der Waals surface area contributed by atoms with E-state index < -0.39 is 0 Å². The average Bonchev–Trinajstić information content (AvgIpc) is 2.46. The number of halogens is 1. The van der Waals surface area contributed by atoms with Crippen molar-refractivity contribution in [2.45, 2.75) is 13.0 Å². The van der Waals surface area contributed by atoms with Crippen LogP contribution in [0.15, 0.2) is 59.3 Å². The normalized spacial score (nSPS) is 12.6. The Morgan fingerprint density at radius 3 is 2.60 bits per heavy atom. The van der Waals surface area contributed by atoms with E-state index in [4.69, 9.17) is 5.73 Å². The minimum atomic E-state index is -0.142. The standard InChI is InChI=1S/C17H15BrN2/c1-11-6-7-20-10-16(11)17(19)14-3-2-13-9-15(18)5-4-12(13)8-14/h2-10,17H,19H2,1H3. The second-order valence-electron chi connectivity index (χ2n) is 4.96. The maximum Gasteiger partial charge on any atom is 0.0569 e. The highest BCUT2D eigenvalue weighted by molar-refractivity contribution is 9.10. The van der Waals surface area contributed by atoms with Crippen molar-refractivity contribution in [3.63, 3.8) is 0 Å². The first kappa shape index (κ1) is 13.3. The average molecular weight is 327 g/mol. The number of hydrogen-bond acceptors (Lipinski definition) is 2. The summed E-state index contributed by atoms with van der Waals surface area (Å²) in [4.78, 5) is 4.18. The summed E-state index contributed by atoms with van der Waals surface area (Å²) in [5.41, 5.74) is 9.74. The molecule has 0 aliphatic rings. The Bertz CT molecular complexity index is 768. The van der Waals surface area contributed by atoms with Crippen LogP contribution in [0.1, 0.15) is 22.7 Å². The van der Waals surface area contributed by atoms with Crippen LogP contribution in [-0.2, 0) is 0 Å². The Labute approximate surface area is 126 Å². The fourth-order valence-electron chi connectivity index (χ4n) is 2.41. The number of fused-ring (bicyclic) bond motifs is 1. The van der Waals surface area contributed by atoms with Gasteiger partial charge in [-0.15, -0.1) is 0 Å². The summed E-state index contributed by atoms with van der Waals surface area (Å²) in [5, 5.41) is 2.40. The third kappa shape index (κ3) is 2.47. The van der Waals surface area contributed by atoms with Gasteiger partial charge in [0.2, 0.25) is 0 Å². The second-order valence-corrected chi connectivity index (χ2v) is 5.88. The minimum absolute atomic E-state index is 0.142. The summed E-state index contributed by atoms with van der Waals surface area (Å²) in [6.45, 7) is 2.06. The third-order valence-electron chi connectivity index (χ3n) is 3.60. The van der Waals surface area contributed by atoms with E-state index in [1.807, 2.05) is 18.3 Å². The Kier molecular flexibility index (Phi) is 3.55. The summed E-state index contributed by atoms with van der Waals surface area (Å²) < 4.78 is 1.09. The van der Waals surface area contributed by atoms with E-state index in [1.165, 1.54) is 16.3 Å². The van der Waals surface area contributed by atoms with Gasteiger partial charge in [-0.3, -0.25) is 4.98 Å². The van der Waals surface area contributed by atoms with Gasteiger partial charge < -0.3 is 5.73 Å². The molecule has 2 N–H and O–H groups in total. The lowest BCUT2D eigenvalue weighted by Crippen LogP contribution is -2.13. The van der Waals surface area contributed by atoms with Crippen LogP contribution in [0.25, 0.3) is 10.8 Å². The minimum Gasteiger partial charge on any atom is -0.320 e. The Morgan fingerprint density at radius 1 is 1.05 bits per heavy atom. The molecule has 0 saturated carbocycles. The molecule has 0 spiro atoms. The van der Waals surface area contributed by atoms with Gasteiger partial charge in [-0.05, 0) is 58.7 Å². The molecule has 2 nitrogen and oxygen atoms in total. The lowest BCUT2D eigenvalue weighted by atomic mass is 9.95. The van der Waals surface area contributed by atoms with E-state index in [0.29, 0.717) is 0 Å². The van der Waals surface area contributed by atoms with E-state index in [1.54, 1.807) is 6.20 Å². The predicted molar refractivity (Wildman–Crippen MR) is 86.7 cm³/mol. The summed E-state index contributed by atoms with van der Waals surface area (Å²) in [5.74, 6) is 0. The van der Waals surface area contributed by atoms with Crippen molar-refractivity contribution in [3.05, 3.63) is 76.0 Å². The largest absolute Gasteiger partial charge is 0.320 e. The molecule has 3 aromatic rings. The monoisotopic (exact) mass is 326 g/mol. The van der Waals surface area contributed by atoms with Crippen molar-refractivity contribution in [2.24, 2.45) is 5.73 Å². The zero-order valence-corrected chi connectivity index (χ0v) is 12.8. The number of rotatable bonds is 2. The third-order valence-corrected chi connectivity index (χ3v) is 4.09. The van der Waals surface area contributed by atoms with Gasteiger partial charge in [0.25, 0.3) is 0 Å². The van der Waals surface area contributed by atoms with E-state index in [2.05, 4.69) is 58.2 Å². The van der Waals surface area contributed by atoms with Gasteiger partial charge in [-0.2, -0.15) is 0 Å². The fraction of sp³-hybridized carbons (Fsp3) is 0.118. The highest BCUT2D eigenvalue weighted by atomic mass is 79.9. The van der Waals surface area contributed by atoms with Gasteiger partial charge in [0.15, 0.2) is 0 Å². The molecule has 1 aromatic heterocycles. The van der Waals surface area contributed by atoms with Gasteiger partial charge in [0.1, 0.15) is 0 Å². The predicted octanol–water partition coefficient (Wildman–Crippen LogP) is 4.35. The van der Waals surface area contributed by atoms with Crippen molar-refractivity contribution in [1.29, 1.82) is 0 Å². The van der Waals surface area contributed by atoms with Crippen LogP contribution in [0.3, 0.4) is 0 Å². The Hall–Kier alpha value is -1.71. The lowest BCUT2D eigenvalue weighted by Gasteiger charge is -2.15. The van der Waals surface area contributed by atoms with Crippen molar-refractivity contribution in [2.75, 3.05) is 0 Å². The molecule has 3 rings (SSSR count). The molecule has 1 atom stereocenters. The van der Waals surface area contributed by atoms with Crippen molar-refractivity contribution < 1.29 is 0 Å². The summed E-state index contributed by atoms with van der Waals surface area (Å²) in [6, 6.07) is 14.5.